The number of benzene rings is 4. The van der Waals surface area contributed by atoms with Crippen LogP contribution in [0.3, 0.4) is 0 Å². The quantitative estimate of drug-likeness (QED) is 0.255. The molecule has 0 unspecified atom stereocenters. The number of carbonyl (C=O) groups is 2. The largest absolute Gasteiger partial charge is 0.744 e. The Morgan fingerprint density at radius 2 is 0.929 bits per heavy atom. The number of carbonyl (C=O) groups excluding carboxylic acids is 2. The second-order valence-electron chi connectivity index (χ2n) is 8.71. The Bertz CT molecular complexity index is 1680. The summed E-state index contributed by atoms with van der Waals surface area (Å²) in [5.41, 5.74) is -0.0192. The first-order valence-corrected chi connectivity index (χ1v) is 15.0. The van der Waals surface area contributed by atoms with Crippen LogP contribution in [0, 0.1) is 0 Å². The van der Waals surface area contributed by atoms with Gasteiger partial charge in [-0.3, -0.25) is 10.6 Å². The molecule has 0 atom stereocenters. The topological polar surface area (TPSA) is 191 Å². The SMILES string of the molecule is O=C(Nc1ccc(CCc2ccc(NC(=O)Oc3ccccc3)cc2S(=O)(=O)[O-])c(S(=O)(=O)[O-])c1)Oc1ccccc1. The van der Waals surface area contributed by atoms with Crippen LogP contribution in [0.2, 0.25) is 0 Å². The fraction of sp³-hybridized carbons (Fsp3) is 0.0714. The summed E-state index contributed by atoms with van der Waals surface area (Å²) < 4.78 is 82.2. The van der Waals surface area contributed by atoms with Crippen LogP contribution in [0.4, 0.5) is 21.0 Å². The highest BCUT2D eigenvalue weighted by atomic mass is 32.2. The number of hydrogen-bond acceptors (Lipinski definition) is 10. The second kappa shape index (κ2) is 12.8. The summed E-state index contributed by atoms with van der Waals surface area (Å²) in [5.74, 6) is 0.475. The second-order valence-corrected chi connectivity index (χ2v) is 11.4. The van der Waals surface area contributed by atoms with Crippen molar-refractivity contribution in [3.8, 4) is 11.5 Å². The number of nitrogens with one attached hydrogen (secondary N) is 2. The Hall–Kier alpha value is -4.76. The van der Waals surface area contributed by atoms with Gasteiger partial charge < -0.3 is 18.6 Å². The molecule has 4 aromatic rings. The predicted molar refractivity (Wildman–Crippen MR) is 148 cm³/mol. The van der Waals surface area contributed by atoms with Crippen molar-refractivity contribution in [2.45, 2.75) is 22.6 Å². The number of rotatable bonds is 9. The van der Waals surface area contributed by atoms with Crippen LogP contribution in [-0.2, 0) is 33.1 Å². The van der Waals surface area contributed by atoms with Crippen molar-refractivity contribution in [1.29, 1.82) is 0 Å². The molecule has 0 aromatic heterocycles. The molecule has 0 saturated heterocycles. The third-order valence-corrected chi connectivity index (χ3v) is 7.57. The van der Waals surface area contributed by atoms with Crippen LogP contribution < -0.4 is 20.1 Å². The van der Waals surface area contributed by atoms with Gasteiger partial charge in [0, 0.05) is 11.4 Å². The average molecular weight is 611 g/mol. The van der Waals surface area contributed by atoms with Crippen molar-refractivity contribution < 1.29 is 45.0 Å². The smallest absolute Gasteiger partial charge is 0.417 e. The fourth-order valence-electron chi connectivity index (χ4n) is 3.89. The van der Waals surface area contributed by atoms with Crippen molar-refractivity contribution in [2.24, 2.45) is 0 Å². The van der Waals surface area contributed by atoms with Gasteiger partial charge in [0.1, 0.15) is 31.7 Å². The Morgan fingerprint density at radius 1 is 0.571 bits per heavy atom. The van der Waals surface area contributed by atoms with Crippen molar-refractivity contribution >= 4 is 43.8 Å². The van der Waals surface area contributed by atoms with E-state index in [0.717, 1.165) is 12.1 Å². The first-order chi connectivity index (χ1) is 19.9. The van der Waals surface area contributed by atoms with E-state index in [1.807, 2.05) is 0 Å². The lowest BCUT2D eigenvalue weighted by Gasteiger charge is -2.18. The number of aryl methyl sites for hydroxylation is 2. The zero-order chi connectivity index (χ0) is 30.3. The molecule has 2 amide bonds. The summed E-state index contributed by atoms with van der Waals surface area (Å²) in [7, 11) is -10.0. The van der Waals surface area contributed by atoms with E-state index in [4.69, 9.17) is 9.47 Å². The van der Waals surface area contributed by atoms with Gasteiger partial charge in [0.25, 0.3) is 0 Å². The summed E-state index contributed by atoms with van der Waals surface area (Å²) in [6.45, 7) is 0. The number of para-hydroxylation sites is 2. The van der Waals surface area contributed by atoms with Crippen LogP contribution in [0.5, 0.6) is 11.5 Å². The van der Waals surface area contributed by atoms with Gasteiger partial charge >= 0.3 is 12.2 Å². The van der Waals surface area contributed by atoms with Gasteiger partial charge in [0.2, 0.25) is 0 Å². The van der Waals surface area contributed by atoms with Crippen LogP contribution >= 0.6 is 0 Å². The van der Waals surface area contributed by atoms with Gasteiger partial charge in [-0.05, 0) is 72.5 Å². The molecule has 0 aliphatic heterocycles. The maximum atomic E-state index is 12.2. The average Bonchev–Trinajstić information content (AvgIpc) is 2.92. The molecule has 218 valence electrons. The van der Waals surface area contributed by atoms with Crippen LogP contribution in [0.15, 0.2) is 107 Å². The number of ether oxygens (including phenoxy) is 2. The zero-order valence-electron chi connectivity index (χ0n) is 21.6. The first kappa shape index (κ1) is 30.2. The van der Waals surface area contributed by atoms with Crippen molar-refractivity contribution in [2.75, 3.05) is 10.6 Å². The third kappa shape index (κ3) is 8.37. The van der Waals surface area contributed by atoms with E-state index in [2.05, 4.69) is 10.6 Å². The van der Waals surface area contributed by atoms with E-state index in [1.165, 1.54) is 48.5 Å². The normalized spacial score (nSPS) is 11.4. The Kier molecular flexibility index (Phi) is 9.22. The van der Waals surface area contributed by atoms with Crippen molar-refractivity contribution in [3.05, 3.63) is 108 Å². The van der Waals surface area contributed by atoms with Crippen molar-refractivity contribution in [1.82, 2.24) is 0 Å². The monoisotopic (exact) mass is 610 g/mol. The van der Waals surface area contributed by atoms with E-state index in [0.29, 0.717) is 0 Å². The lowest BCUT2D eigenvalue weighted by molar-refractivity contribution is 0.214. The minimum absolute atomic E-state index is 0.0230. The Labute approximate surface area is 241 Å². The summed E-state index contributed by atoms with van der Waals surface area (Å²) in [4.78, 5) is 23.1. The van der Waals surface area contributed by atoms with Crippen molar-refractivity contribution in [3.63, 3.8) is 0 Å². The van der Waals surface area contributed by atoms with E-state index in [9.17, 15) is 35.5 Å². The van der Waals surface area contributed by atoms with Gasteiger partial charge in [-0.1, -0.05) is 48.5 Å². The molecule has 0 aliphatic carbocycles. The van der Waals surface area contributed by atoms with Crippen LogP contribution in [0.1, 0.15) is 11.1 Å². The summed E-state index contributed by atoms with van der Waals surface area (Å²) in [6, 6.07) is 23.3. The van der Waals surface area contributed by atoms with E-state index >= 15 is 0 Å². The highest BCUT2D eigenvalue weighted by Gasteiger charge is 2.16. The molecule has 0 radical (unpaired) electrons. The van der Waals surface area contributed by atoms with E-state index in [-0.39, 0.29) is 46.8 Å². The van der Waals surface area contributed by atoms with E-state index < -0.39 is 42.2 Å². The van der Waals surface area contributed by atoms with Crippen LogP contribution in [0.25, 0.3) is 0 Å². The molecule has 4 aromatic carbocycles. The molecule has 0 saturated carbocycles. The number of hydrogen-bond donors (Lipinski definition) is 2. The minimum Gasteiger partial charge on any atom is -0.744 e. The Balaban J connectivity index is 1.51. The van der Waals surface area contributed by atoms with Gasteiger partial charge in [-0.25, -0.2) is 26.4 Å². The fourth-order valence-corrected chi connectivity index (χ4v) is 5.42. The standard InChI is InChI=1S/C28H24N2O10S2/c31-27(39-23-7-3-1-4-8-23)29-21-15-13-19(25(17-21)41(33,34)35)11-12-20-14-16-22(18-26(20)42(36,37)38)30-28(32)40-24-9-5-2-6-10-24/h1-10,13-18H,11-12H2,(H,29,31)(H,30,32)(H,33,34,35)(H,36,37,38)/p-2. The molecule has 0 heterocycles. The molecule has 42 heavy (non-hydrogen) atoms. The number of amides is 2. The molecule has 12 nitrogen and oxygen atoms in total. The molecule has 2 N–H and O–H groups in total. The molecule has 0 fully saturated rings. The third-order valence-electron chi connectivity index (χ3n) is 5.74. The highest BCUT2D eigenvalue weighted by Crippen LogP contribution is 2.26. The van der Waals surface area contributed by atoms with Gasteiger partial charge in [-0.2, -0.15) is 0 Å². The number of anilines is 2. The molecule has 0 bridgehead atoms. The van der Waals surface area contributed by atoms with Gasteiger partial charge in [0.15, 0.2) is 0 Å². The maximum absolute atomic E-state index is 12.2. The summed E-state index contributed by atoms with van der Waals surface area (Å²) in [5, 5.41) is 4.68. The lowest BCUT2D eigenvalue weighted by Crippen LogP contribution is -2.17. The van der Waals surface area contributed by atoms with Gasteiger partial charge in [-0.15, -0.1) is 0 Å². The van der Waals surface area contributed by atoms with E-state index in [1.54, 1.807) is 36.4 Å². The zero-order valence-corrected chi connectivity index (χ0v) is 23.2. The summed E-state index contributed by atoms with van der Waals surface area (Å²) in [6.07, 6.45) is -2.15. The molecule has 0 spiro atoms. The minimum atomic E-state index is -5.02. The maximum Gasteiger partial charge on any atom is 0.417 e. The molecular weight excluding hydrogens is 588 g/mol. The Morgan fingerprint density at radius 3 is 1.26 bits per heavy atom. The summed E-state index contributed by atoms with van der Waals surface area (Å²) >= 11 is 0. The predicted octanol–water partition coefficient (Wildman–Crippen LogP) is 4.50. The first-order valence-electron chi connectivity index (χ1n) is 12.1. The molecule has 0 aliphatic rings. The molecule has 4 rings (SSSR count). The molecule has 14 heteroatoms. The van der Waals surface area contributed by atoms with Crippen LogP contribution in [-0.4, -0.2) is 38.1 Å². The highest BCUT2D eigenvalue weighted by molar-refractivity contribution is 7.86. The lowest BCUT2D eigenvalue weighted by atomic mass is 10.0. The molecular formula is C28H22N2O10S2-2. The van der Waals surface area contributed by atoms with Gasteiger partial charge in [0.05, 0.1) is 9.79 Å².